The average molecular weight is 356 g/mol. The van der Waals surface area contributed by atoms with Crippen molar-refractivity contribution in [1.29, 1.82) is 0 Å². The van der Waals surface area contributed by atoms with Crippen molar-refractivity contribution in [3.05, 3.63) is 84.1 Å². The van der Waals surface area contributed by atoms with Gasteiger partial charge in [0.05, 0.1) is 11.9 Å². The van der Waals surface area contributed by atoms with Gasteiger partial charge in [-0.15, -0.1) is 0 Å². The van der Waals surface area contributed by atoms with Gasteiger partial charge in [-0.1, -0.05) is 54.6 Å². The number of aromatic amines is 1. The van der Waals surface area contributed by atoms with Crippen molar-refractivity contribution < 1.29 is 9.90 Å². The third kappa shape index (κ3) is 3.41. The third-order valence-electron chi connectivity index (χ3n) is 4.19. The lowest BCUT2D eigenvalue weighted by atomic mass is 10.0. The Morgan fingerprint density at radius 3 is 2.70 bits per heavy atom. The van der Waals surface area contributed by atoms with Crippen LogP contribution in [0.2, 0.25) is 0 Å². The zero-order valence-corrected chi connectivity index (χ0v) is 14.3. The van der Waals surface area contributed by atoms with Crippen LogP contribution >= 0.6 is 0 Å². The number of rotatable bonds is 4. The molecule has 6 nitrogen and oxygen atoms in total. The number of hydrogen-bond acceptors (Lipinski definition) is 4. The monoisotopic (exact) mass is 356 g/mol. The SMILES string of the molecule is O=C(N/N=C/c1ccccc1O)c1cc(-c2cccc3ccccc23)n[nH]1. The van der Waals surface area contributed by atoms with Crippen molar-refractivity contribution in [2.45, 2.75) is 0 Å². The first-order valence-electron chi connectivity index (χ1n) is 8.37. The molecule has 0 saturated carbocycles. The lowest BCUT2D eigenvalue weighted by Gasteiger charge is -2.02. The molecule has 0 spiro atoms. The summed E-state index contributed by atoms with van der Waals surface area (Å²) in [5, 5.41) is 22.7. The van der Waals surface area contributed by atoms with E-state index >= 15 is 0 Å². The molecule has 0 aliphatic carbocycles. The number of aromatic nitrogens is 2. The predicted molar refractivity (Wildman–Crippen MR) is 105 cm³/mol. The largest absolute Gasteiger partial charge is 0.507 e. The second-order valence-electron chi connectivity index (χ2n) is 5.95. The first-order chi connectivity index (χ1) is 13.2. The van der Waals surface area contributed by atoms with E-state index in [-0.39, 0.29) is 5.75 Å². The smallest absolute Gasteiger partial charge is 0.289 e. The van der Waals surface area contributed by atoms with Gasteiger partial charge in [0.25, 0.3) is 5.91 Å². The summed E-state index contributed by atoms with van der Waals surface area (Å²) in [6.45, 7) is 0. The van der Waals surface area contributed by atoms with Gasteiger partial charge in [-0.2, -0.15) is 10.2 Å². The van der Waals surface area contributed by atoms with E-state index in [1.807, 2.05) is 42.5 Å². The Labute approximate surface area is 155 Å². The van der Waals surface area contributed by atoms with Crippen molar-refractivity contribution in [3.8, 4) is 17.0 Å². The van der Waals surface area contributed by atoms with E-state index in [2.05, 4.69) is 20.7 Å². The van der Waals surface area contributed by atoms with Crippen LogP contribution in [0.1, 0.15) is 16.1 Å². The molecule has 132 valence electrons. The number of hydrogen-bond donors (Lipinski definition) is 3. The van der Waals surface area contributed by atoms with Gasteiger partial charge in [0.1, 0.15) is 11.4 Å². The van der Waals surface area contributed by atoms with Crippen LogP contribution in [-0.2, 0) is 0 Å². The number of amides is 1. The summed E-state index contributed by atoms with van der Waals surface area (Å²) < 4.78 is 0. The Balaban J connectivity index is 1.54. The van der Waals surface area contributed by atoms with Gasteiger partial charge in [-0.25, -0.2) is 5.43 Å². The lowest BCUT2D eigenvalue weighted by Crippen LogP contribution is -2.18. The molecule has 0 aliphatic rings. The van der Waals surface area contributed by atoms with E-state index < -0.39 is 5.91 Å². The third-order valence-corrected chi connectivity index (χ3v) is 4.19. The Bertz CT molecular complexity index is 1140. The number of carbonyl (C=O) groups excluding carboxylic acids is 1. The predicted octanol–water partition coefficient (Wildman–Crippen LogP) is 3.70. The van der Waals surface area contributed by atoms with Gasteiger partial charge < -0.3 is 5.11 Å². The highest BCUT2D eigenvalue weighted by molar-refractivity contribution is 5.98. The molecule has 3 N–H and O–H groups in total. The van der Waals surface area contributed by atoms with Gasteiger partial charge in [-0.05, 0) is 29.0 Å². The molecule has 1 heterocycles. The van der Waals surface area contributed by atoms with E-state index in [9.17, 15) is 9.90 Å². The molecule has 0 atom stereocenters. The fourth-order valence-electron chi connectivity index (χ4n) is 2.84. The summed E-state index contributed by atoms with van der Waals surface area (Å²) in [6, 6.07) is 22.4. The molecule has 27 heavy (non-hydrogen) atoms. The number of H-pyrrole nitrogens is 1. The number of phenolic OH excluding ortho intramolecular Hbond substituents is 1. The summed E-state index contributed by atoms with van der Waals surface area (Å²) >= 11 is 0. The lowest BCUT2D eigenvalue weighted by molar-refractivity contribution is 0.0950. The van der Waals surface area contributed by atoms with E-state index in [0.29, 0.717) is 17.0 Å². The number of aromatic hydroxyl groups is 1. The normalized spacial score (nSPS) is 11.1. The molecule has 1 aromatic heterocycles. The summed E-state index contributed by atoms with van der Waals surface area (Å²) in [5.74, 6) is -0.323. The van der Waals surface area contributed by atoms with Crippen molar-refractivity contribution >= 4 is 22.9 Å². The number of nitrogens with one attached hydrogen (secondary N) is 2. The van der Waals surface area contributed by atoms with Crippen LogP contribution < -0.4 is 5.43 Å². The molecule has 0 unspecified atom stereocenters. The van der Waals surface area contributed by atoms with Crippen molar-refractivity contribution in [2.75, 3.05) is 0 Å². The number of benzene rings is 3. The number of phenols is 1. The highest BCUT2D eigenvalue weighted by atomic mass is 16.3. The standard InChI is InChI=1S/C21H16N4O2/c26-20-11-4-2-7-15(20)13-22-25-21(27)19-12-18(23-24-19)17-10-5-8-14-6-1-3-9-16(14)17/h1-13,26H,(H,23,24)(H,25,27)/b22-13+. The maximum Gasteiger partial charge on any atom is 0.289 e. The second-order valence-corrected chi connectivity index (χ2v) is 5.95. The van der Waals surface area contributed by atoms with Crippen molar-refractivity contribution in [3.63, 3.8) is 0 Å². The zero-order chi connectivity index (χ0) is 18.6. The Morgan fingerprint density at radius 2 is 1.81 bits per heavy atom. The first kappa shape index (κ1) is 16.5. The van der Waals surface area contributed by atoms with Crippen LogP contribution in [0.3, 0.4) is 0 Å². The van der Waals surface area contributed by atoms with E-state index in [1.54, 1.807) is 30.3 Å². The summed E-state index contributed by atoms with van der Waals surface area (Å²) in [5.41, 5.74) is 4.86. The van der Waals surface area contributed by atoms with Gasteiger partial charge in [-0.3, -0.25) is 9.89 Å². The molecular weight excluding hydrogens is 340 g/mol. The van der Waals surface area contributed by atoms with Gasteiger partial charge in [0, 0.05) is 11.1 Å². The number of para-hydroxylation sites is 1. The molecule has 6 heteroatoms. The fraction of sp³-hybridized carbons (Fsp3) is 0. The Morgan fingerprint density at radius 1 is 1.04 bits per heavy atom. The Kier molecular flexibility index (Phi) is 4.37. The minimum absolute atomic E-state index is 0.0929. The molecule has 0 fully saturated rings. The molecule has 1 amide bonds. The molecular formula is C21H16N4O2. The van der Waals surface area contributed by atoms with Gasteiger partial charge in [0.15, 0.2) is 0 Å². The van der Waals surface area contributed by atoms with Crippen LogP contribution in [0, 0.1) is 0 Å². The van der Waals surface area contributed by atoms with Crippen LogP contribution in [0.15, 0.2) is 77.9 Å². The number of carbonyl (C=O) groups is 1. The molecule has 4 rings (SSSR count). The number of nitrogens with zero attached hydrogens (tertiary/aromatic N) is 2. The fourth-order valence-corrected chi connectivity index (χ4v) is 2.84. The summed E-state index contributed by atoms with van der Waals surface area (Å²) in [7, 11) is 0. The maximum absolute atomic E-state index is 12.3. The minimum atomic E-state index is -0.416. The van der Waals surface area contributed by atoms with Crippen molar-refractivity contribution in [1.82, 2.24) is 15.6 Å². The van der Waals surface area contributed by atoms with E-state index in [0.717, 1.165) is 16.3 Å². The highest BCUT2D eigenvalue weighted by Crippen LogP contribution is 2.27. The summed E-state index contributed by atoms with van der Waals surface area (Å²) in [4.78, 5) is 12.3. The summed E-state index contributed by atoms with van der Waals surface area (Å²) in [6.07, 6.45) is 1.38. The minimum Gasteiger partial charge on any atom is -0.507 e. The van der Waals surface area contributed by atoms with E-state index in [1.165, 1.54) is 6.21 Å². The molecule has 3 aromatic carbocycles. The molecule has 0 aliphatic heterocycles. The highest BCUT2D eigenvalue weighted by Gasteiger charge is 2.12. The number of fused-ring (bicyclic) bond motifs is 1. The maximum atomic E-state index is 12.3. The molecule has 0 saturated heterocycles. The molecule has 4 aromatic rings. The topological polar surface area (TPSA) is 90.4 Å². The van der Waals surface area contributed by atoms with Gasteiger partial charge in [0.2, 0.25) is 0 Å². The first-order valence-corrected chi connectivity index (χ1v) is 8.37. The second kappa shape index (κ2) is 7.13. The van der Waals surface area contributed by atoms with Crippen LogP contribution in [0.5, 0.6) is 5.75 Å². The van der Waals surface area contributed by atoms with Crippen molar-refractivity contribution in [2.24, 2.45) is 5.10 Å². The molecule has 0 bridgehead atoms. The van der Waals surface area contributed by atoms with Gasteiger partial charge >= 0.3 is 0 Å². The quantitative estimate of drug-likeness (QED) is 0.385. The Hall–Kier alpha value is -3.93. The van der Waals surface area contributed by atoms with E-state index in [4.69, 9.17) is 0 Å². The van der Waals surface area contributed by atoms with Crippen LogP contribution in [-0.4, -0.2) is 27.4 Å². The molecule has 0 radical (unpaired) electrons. The average Bonchev–Trinajstić information content (AvgIpc) is 3.19. The number of hydrazone groups is 1. The van der Waals surface area contributed by atoms with Crippen LogP contribution in [0.4, 0.5) is 0 Å². The zero-order valence-electron chi connectivity index (χ0n) is 14.3. The van der Waals surface area contributed by atoms with Crippen LogP contribution in [0.25, 0.3) is 22.0 Å².